The van der Waals surface area contributed by atoms with E-state index in [-0.39, 0.29) is 34.1 Å². The van der Waals surface area contributed by atoms with Crippen molar-refractivity contribution < 1.29 is 14.7 Å². The van der Waals surface area contributed by atoms with Crippen molar-refractivity contribution >= 4 is 34.1 Å². The lowest BCUT2D eigenvalue weighted by Gasteiger charge is -2.09. The van der Waals surface area contributed by atoms with Crippen LogP contribution >= 0.6 is 0 Å². The van der Waals surface area contributed by atoms with Crippen LogP contribution in [0.3, 0.4) is 0 Å². The molecule has 0 saturated heterocycles. The molecule has 0 bridgehead atoms. The molecule has 0 saturated carbocycles. The summed E-state index contributed by atoms with van der Waals surface area (Å²) in [6.45, 7) is 0. The topological polar surface area (TPSA) is 199 Å². The van der Waals surface area contributed by atoms with E-state index >= 15 is 0 Å². The molecule has 0 aliphatic heterocycles. The number of hydrogen-bond donors (Lipinski definition) is 3. The average molecular weight is 427 g/mol. The number of nitriles is 1. The minimum Gasteiger partial charge on any atom is -0.505 e. The van der Waals surface area contributed by atoms with Crippen molar-refractivity contribution in [2.75, 3.05) is 0 Å². The molecule has 5 N–H and O–H groups in total. The molecule has 0 atom stereocenters. The van der Waals surface area contributed by atoms with Crippen LogP contribution in [-0.2, 0) is 0 Å². The minimum atomic E-state index is -0.911. The van der Waals surface area contributed by atoms with Crippen LogP contribution in [0.2, 0.25) is 0 Å². The Labute approximate surface area is 179 Å². The number of fused-ring (bicyclic) bond motifs is 1. The van der Waals surface area contributed by atoms with Crippen molar-refractivity contribution in [1.29, 1.82) is 5.26 Å². The van der Waals surface area contributed by atoms with Crippen LogP contribution in [-0.4, -0.2) is 36.7 Å². The first kappa shape index (κ1) is 20.1. The second-order valence-corrected chi connectivity index (χ2v) is 6.44. The van der Waals surface area contributed by atoms with E-state index in [1.807, 2.05) is 6.07 Å². The number of aromatic hydroxyl groups is 1. The molecular weight excluding hydrogens is 414 g/mol. The third kappa shape index (κ3) is 3.46. The molecule has 4 rings (SSSR count). The standard InChI is InChI=1S/C20H13N9O3/c21-8-12-9-26-29(20-24-4-1-5-25-20)19(12)28-27-15-13-3-2-10(17(22)31)6-11(13)7-14(16(15)30)18(23)32/h1-7,9,30H,(H2,22,31)(H2,23,32). The third-order valence-electron chi connectivity index (χ3n) is 4.49. The van der Waals surface area contributed by atoms with Gasteiger partial charge in [0.25, 0.3) is 11.9 Å². The highest BCUT2D eigenvalue weighted by Gasteiger charge is 2.19. The smallest absolute Gasteiger partial charge is 0.252 e. The number of aromatic nitrogens is 4. The van der Waals surface area contributed by atoms with E-state index < -0.39 is 17.6 Å². The lowest BCUT2D eigenvalue weighted by Crippen LogP contribution is -2.12. The lowest BCUT2D eigenvalue weighted by atomic mass is 10.0. The van der Waals surface area contributed by atoms with Gasteiger partial charge in [0.05, 0.1) is 11.8 Å². The Bertz CT molecular complexity index is 1450. The zero-order valence-corrected chi connectivity index (χ0v) is 16.2. The number of rotatable bonds is 5. The Morgan fingerprint density at radius 1 is 1.09 bits per heavy atom. The van der Waals surface area contributed by atoms with Crippen LogP contribution in [0.1, 0.15) is 26.3 Å². The molecule has 2 aromatic heterocycles. The van der Waals surface area contributed by atoms with Gasteiger partial charge in [0.15, 0.2) is 11.6 Å². The predicted molar refractivity (Wildman–Crippen MR) is 111 cm³/mol. The number of nitrogens with zero attached hydrogens (tertiary/aromatic N) is 7. The molecule has 156 valence electrons. The number of benzene rings is 2. The molecule has 0 aliphatic carbocycles. The quantitative estimate of drug-likeness (QED) is 0.404. The summed E-state index contributed by atoms with van der Waals surface area (Å²) in [5, 5.41) is 33.0. The second kappa shape index (κ2) is 7.92. The fourth-order valence-corrected chi connectivity index (χ4v) is 2.98. The SMILES string of the molecule is N#Cc1cnn(-c2ncccn2)c1N=Nc1c(O)c(C(N)=O)cc2cc(C(N)=O)ccc12. The van der Waals surface area contributed by atoms with Crippen LogP contribution in [0.25, 0.3) is 16.7 Å². The number of carbonyl (C=O) groups excluding carboxylic acids is 2. The van der Waals surface area contributed by atoms with Gasteiger partial charge in [-0.15, -0.1) is 10.2 Å². The van der Waals surface area contributed by atoms with Crippen LogP contribution in [0.15, 0.2) is 59.2 Å². The Morgan fingerprint density at radius 2 is 1.84 bits per heavy atom. The summed E-state index contributed by atoms with van der Waals surface area (Å²) in [4.78, 5) is 31.5. The van der Waals surface area contributed by atoms with Crippen molar-refractivity contribution in [1.82, 2.24) is 19.7 Å². The van der Waals surface area contributed by atoms with Gasteiger partial charge in [-0.25, -0.2) is 9.97 Å². The van der Waals surface area contributed by atoms with Crippen LogP contribution < -0.4 is 11.5 Å². The van der Waals surface area contributed by atoms with E-state index in [2.05, 4.69) is 25.3 Å². The predicted octanol–water partition coefficient (Wildman–Crippen LogP) is 2.01. The summed E-state index contributed by atoms with van der Waals surface area (Å²) < 4.78 is 1.20. The maximum absolute atomic E-state index is 11.8. The largest absolute Gasteiger partial charge is 0.505 e. The maximum Gasteiger partial charge on any atom is 0.252 e. The molecule has 2 aromatic carbocycles. The van der Waals surface area contributed by atoms with Gasteiger partial charge in [0.1, 0.15) is 17.3 Å². The molecule has 4 aromatic rings. The van der Waals surface area contributed by atoms with Crippen molar-refractivity contribution in [2.45, 2.75) is 0 Å². The van der Waals surface area contributed by atoms with Crippen molar-refractivity contribution in [3.63, 3.8) is 0 Å². The highest BCUT2D eigenvalue weighted by molar-refractivity contribution is 6.08. The summed E-state index contributed by atoms with van der Waals surface area (Å²) >= 11 is 0. The van der Waals surface area contributed by atoms with Gasteiger partial charge in [-0.05, 0) is 29.7 Å². The molecule has 0 aliphatic rings. The summed E-state index contributed by atoms with van der Waals surface area (Å²) in [6, 6.07) is 9.25. The van der Waals surface area contributed by atoms with Crippen molar-refractivity contribution in [3.05, 3.63) is 65.6 Å². The maximum atomic E-state index is 11.8. The van der Waals surface area contributed by atoms with E-state index in [1.54, 1.807) is 6.07 Å². The Kier molecular flexibility index (Phi) is 4.98. The summed E-state index contributed by atoms with van der Waals surface area (Å²) in [6.07, 6.45) is 4.24. The minimum absolute atomic E-state index is 0.00415. The van der Waals surface area contributed by atoms with E-state index in [4.69, 9.17) is 11.5 Å². The number of carbonyl (C=O) groups is 2. The Hall–Kier alpha value is -5.18. The molecule has 0 spiro atoms. The van der Waals surface area contributed by atoms with Crippen LogP contribution in [0.5, 0.6) is 5.75 Å². The fourth-order valence-electron chi connectivity index (χ4n) is 2.98. The van der Waals surface area contributed by atoms with E-state index in [0.29, 0.717) is 10.8 Å². The first-order valence-corrected chi connectivity index (χ1v) is 8.97. The molecule has 32 heavy (non-hydrogen) atoms. The molecule has 2 heterocycles. The molecule has 0 fully saturated rings. The van der Waals surface area contributed by atoms with Gasteiger partial charge in [0.2, 0.25) is 5.91 Å². The van der Waals surface area contributed by atoms with Gasteiger partial charge in [-0.1, -0.05) is 6.07 Å². The van der Waals surface area contributed by atoms with E-state index in [1.165, 1.54) is 47.5 Å². The lowest BCUT2D eigenvalue weighted by molar-refractivity contribution is 0.0991. The number of azo groups is 1. The average Bonchev–Trinajstić information content (AvgIpc) is 3.21. The number of hydrogen-bond acceptors (Lipinski definition) is 9. The number of nitrogens with two attached hydrogens (primary N) is 2. The number of phenols is 1. The zero-order chi connectivity index (χ0) is 22.8. The Balaban J connectivity index is 1.93. The fraction of sp³-hybridized carbons (Fsp3) is 0. The Morgan fingerprint density at radius 3 is 2.50 bits per heavy atom. The third-order valence-corrected chi connectivity index (χ3v) is 4.49. The number of amides is 2. The molecule has 12 nitrogen and oxygen atoms in total. The highest BCUT2D eigenvalue weighted by Crippen LogP contribution is 2.40. The summed E-state index contributed by atoms with van der Waals surface area (Å²) in [7, 11) is 0. The second-order valence-electron chi connectivity index (χ2n) is 6.44. The van der Waals surface area contributed by atoms with Gasteiger partial charge in [0, 0.05) is 23.3 Å². The van der Waals surface area contributed by atoms with Gasteiger partial charge in [-0.2, -0.15) is 15.0 Å². The normalized spacial score (nSPS) is 11.0. The van der Waals surface area contributed by atoms with Crippen molar-refractivity contribution in [3.8, 4) is 17.8 Å². The van der Waals surface area contributed by atoms with E-state index in [9.17, 15) is 20.0 Å². The van der Waals surface area contributed by atoms with Crippen LogP contribution in [0, 0.1) is 11.3 Å². The van der Waals surface area contributed by atoms with Gasteiger partial charge < -0.3 is 16.6 Å². The first-order chi connectivity index (χ1) is 15.4. The van der Waals surface area contributed by atoms with E-state index in [0.717, 1.165) is 0 Å². The monoisotopic (exact) mass is 427 g/mol. The molecular formula is C20H13N9O3. The zero-order valence-electron chi connectivity index (χ0n) is 16.2. The van der Waals surface area contributed by atoms with Crippen molar-refractivity contribution in [2.24, 2.45) is 21.7 Å². The van der Waals surface area contributed by atoms with Gasteiger partial charge >= 0.3 is 0 Å². The summed E-state index contributed by atoms with van der Waals surface area (Å²) in [5.41, 5.74) is 10.6. The molecule has 12 heteroatoms. The highest BCUT2D eigenvalue weighted by atomic mass is 16.3. The molecule has 0 radical (unpaired) electrons. The first-order valence-electron chi connectivity index (χ1n) is 8.97. The number of primary amides is 2. The van der Waals surface area contributed by atoms with Crippen LogP contribution in [0.4, 0.5) is 11.5 Å². The summed E-state index contributed by atoms with van der Waals surface area (Å²) in [5.74, 6) is -1.94. The molecule has 2 amide bonds. The van der Waals surface area contributed by atoms with Gasteiger partial charge in [-0.3, -0.25) is 9.59 Å². The molecule has 0 unspecified atom stereocenters.